The molecule has 7 aromatic rings. The molecule has 8 heterocycles. The van der Waals surface area contributed by atoms with Gasteiger partial charge in [-0.05, 0) is 43.9 Å². The van der Waals surface area contributed by atoms with Gasteiger partial charge in [-0.3, -0.25) is 34.2 Å². The molecular formula is C50H58N16O7S. The van der Waals surface area contributed by atoms with E-state index in [-0.39, 0.29) is 62.4 Å². The van der Waals surface area contributed by atoms with E-state index in [1.807, 2.05) is 55.4 Å². The van der Waals surface area contributed by atoms with Crippen molar-refractivity contribution in [3.8, 4) is 27.4 Å². The Morgan fingerprint density at radius 1 is 0.919 bits per heavy atom. The number of benzene rings is 1. The number of aliphatic hydroxyl groups is 1. The monoisotopic (exact) mass is 1030 g/mol. The molecule has 2 aliphatic rings. The number of nitrogens with one attached hydrogen (secondary N) is 2. The zero-order valence-corrected chi connectivity index (χ0v) is 42.7. The number of rotatable bonds is 17. The summed E-state index contributed by atoms with van der Waals surface area (Å²) in [6.45, 7) is 12.3. The molecular weight excluding hydrogens is 969 g/mol. The number of piperazine rings is 1. The summed E-state index contributed by atoms with van der Waals surface area (Å²) in [6.07, 6.45) is 11.7. The third-order valence-electron chi connectivity index (χ3n) is 12.7. The highest BCUT2D eigenvalue weighted by molar-refractivity contribution is 7.13. The number of thiazole rings is 1. The van der Waals surface area contributed by atoms with Crippen molar-refractivity contribution in [2.24, 2.45) is 5.92 Å². The highest BCUT2D eigenvalue weighted by atomic mass is 32.1. The summed E-state index contributed by atoms with van der Waals surface area (Å²) in [6, 6.07) is 8.09. The second kappa shape index (κ2) is 22.4. The van der Waals surface area contributed by atoms with Gasteiger partial charge < -0.3 is 39.4 Å². The molecule has 74 heavy (non-hydrogen) atoms. The summed E-state index contributed by atoms with van der Waals surface area (Å²) < 4.78 is 14.5. The summed E-state index contributed by atoms with van der Waals surface area (Å²) in [4.78, 5) is 88.0. The quantitative estimate of drug-likeness (QED) is 0.114. The number of aliphatic hydroxyl groups excluding tert-OH is 1. The molecule has 0 radical (unpaired) electrons. The Morgan fingerprint density at radius 3 is 2.41 bits per heavy atom. The van der Waals surface area contributed by atoms with Crippen molar-refractivity contribution < 1.29 is 33.8 Å². The number of amides is 4. The zero-order valence-electron chi connectivity index (χ0n) is 41.9. The first-order chi connectivity index (χ1) is 35.6. The number of hydrogen-bond donors (Lipinski definition) is 3. The molecule has 0 bridgehead atoms. The van der Waals surface area contributed by atoms with Crippen LogP contribution in [0.4, 0.5) is 22.2 Å². The molecule has 2 aliphatic heterocycles. The molecule has 0 saturated carbocycles. The maximum atomic E-state index is 14.2. The number of aromatic nitrogens is 10. The molecule has 3 atom stereocenters. The second-order valence-electron chi connectivity index (χ2n) is 18.9. The molecule has 0 aliphatic carbocycles. The Morgan fingerprint density at radius 2 is 1.69 bits per heavy atom. The van der Waals surface area contributed by atoms with E-state index in [1.165, 1.54) is 14.5 Å². The van der Waals surface area contributed by atoms with Crippen molar-refractivity contribution in [2.45, 2.75) is 78.5 Å². The van der Waals surface area contributed by atoms with Gasteiger partial charge in [0.05, 0.1) is 83.4 Å². The van der Waals surface area contributed by atoms with Gasteiger partial charge in [0, 0.05) is 70.7 Å². The van der Waals surface area contributed by atoms with E-state index in [4.69, 9.17) is 9.47 Å². The fourth-order valence-corrected chi connectivity index (χ4v) is 9.61. The molecule has 2 fully saturated rings. The summed E-state index contributed by atoms with van der Waals surface area (Å²) in [5.74, 6) is 0.241. The molecule has 2 saturated heterocycles. The number of fused-ring (bicyclic) bond motifs is 1. The molecule has 24 heteroatoms. The minimum absolute atomic E-state index is 0.0277. The topological polar surface area (TPSA) is 256 Å². The van der Waals surface area contributed by atoms with Crippen molar-refractivity contribution in [1.29, 1.82) is 0 Å². The Labute approximate surface area is 430 Å². The number of β-amino-alcohol motifs (C(OH)–C–C–N with tert-alkyl or cyclic N) is 1. The predicted molar refractivity (Wildman–Crippen MR) is 274 cm³/mol. The normalized spacial score (nSPS) is 16.4. The highest BCUT2D eigenvalue weighted by Gasteiger charge is 2.42. The highest BCUT2D eigenvalue weighted by Crippen LogP contribution is 2.29. The molecule has 4 amide bonds. The van der Waals surface area contributed by atoms with Gasteiger partial charge in [0.15, 0.2) is 17.2 Å². The average Bonchev–Trinajstić information content (AvgIpc) is 4.22. The lowest BCUT2D eigenvalue weighted by molar-refractivity contribution is -0.142. The number of anilines is 3. The van der Waals surface area contributed by atoms with Gasteiger partial charge in [0.2, 0.25) is 23.7 Å². The van der Waals surface area contributed by atoms with Crippen LogP contribution in [0.1, 0.15) is 57.1 Å². The minimum Gasteiger partial charge on any atom is -0.484 e. The van der Waals surface area contributed by atoms with Crippen molar-refractivity contribution in [1.82, 2.24) is 64.4 Å². The zero-order chi connectivity index (χ0) is 52.0. The van der Waals surface area contributed by atoms with Crippen molar-refractivity contribution in [3.63, 3.8) is 0 Å². The molecule has 0 unspecified atom stereocenters. The van der Waals surface area contributed by atoms with Crippen LogP contribution in [0.15, 0.2) is 85.4 Å². The molecule has 23 nitrogen and oxygen atoms in total. The first kappa shape index (κ1) is 51.0. The van der Waals surface area contributed by atoms with Gasteiger partial charge in [0.25, 0.3) is 0 Å². The first-order valence-corrected chi connectivity index (χ1v) is 25.2. The standard InChI is InChI=1S/C50H58N16O7S/c1-30(2)45(48(70)65-24-38(67)16-41(65)47(69)53-17-33-7-9-34(10-8-33)46-32(5)56-29-74-46)66-23-36(59-60-66)28-72-39-20-54-49(55-21-39)63-13-11-62(12-14-63)27-44(68)58-42-26-64-25-40(52-22-43(64)57-42)35-15-37(19-51-18-35)61(6)50(71)73-31(3)4/h7-10,15,18-23,25-26,29-31,38,41,45,67H,11-14,16-17,24,27-28H2,1-6H3,(H,53,69)(H,58,68)/t38-,41+,45+/m1/s1. The van der Waals surface area contributed by atoms with E-state index >= 15 is 0 Å². The number of pyridine rings is 1. The number of aryl methyl sites for hydroxylation is 1. The third-order valence-corrected chi connectivity index (χ3v) is 13.6. The number of ether oxygens (including phenoxy) is 2. The number of hydrogen-bond acceptors (Lipinski definition) is 18. The summed E-state index contributed by atoms with van der Waals surface area (Å²) in [5.41, 5.74) is 7.60. The lowest BCUT2D eigenvalue weighted by Crippen LogP contribution is -2.49. The lowest BCUT2D eigenvalue weighted by atomic mass is 10.0. The maximum absolute atomic E-state index is 14.2. The average molecular weight is 1030 g/mol. The Balaban J connectivity index is 0.724. The van der Waals surface area contributed by atoms with Crippen LogP contribution >= 0.6 is 11.3 Å². The van der Waals surface area contributed by atoms with Crippen LogP contribution in [-0.4, -0.2) is 153 Å². The van der Waals surface area contributed by atoms with Crippen LogP contribution in [0.2, 0.25) is 0 Å². The van der Waals surface area contributed by atoms with Crippen molar-refractivity contribution in [3.05, 3.63) is 102 Å². The van der Waals surface area contributed by atoms with Crippen LogP contribution in [0, 0.1) is 12.8 Å². The fourth-order valence-electron chi connectivity index (χ4n) is 8.80. The van der Waals surface area contributed by atoms with Crippen molar-refractivity contribution >= 4 is 58.3 Å². The second-order valence-corrected chi connectivity index (χ2v) is 19.7. The van der Waals surface area contributed by atoms with Gasteiger partial charge in [0.1, 0.15) is 24.4 Å². The van der Waals surface area contributed by atoms with Crippen LogP contribution in [-0.2, 0) is 32.3 Å². The summed E-state index contributed by atoms with van der Waals surface area (Å²) in [5, 5.41) is 25.1. The predicted octanol–water partition coefficient (Wildman–Crippen LogP) is 4.40. The largest absolute Gasteiger partial charge is 0.484 e. The smallest absolute Gasteiger partial charge is 0.414 e. The first-order valence-electron chi connectivity index (χ1n) is 24.3. The molecule has 9 rings (SSSR count). The van der Waals surface area contributed by atoms with E-state index in [0.29, 0.717) is 72.0 Å². The minimum atomic E-state index is -0.845. The lowest BCUT2D eigenvalue weighted by Gasteiger charge is -2.34. The van der Waals surface area contributed by atoms with Gasteiger partial charge in [-0.1, -0.05) is 43.3 Å². The van der Waals surface area contributed by atoms with E-state index in [9.17, 15) is 24.3 Å². The Bertz CT molecular complexity index is 3100. The van der Waals surface area contributed by atoms with Crippen LogP contribution in [0.25, 0.3) is 27.3 Å². The number of imidazole rings is 1. The molecule has 1 aromatic carbocycles. The fraction of sp³-hybridized carbons (Fsp3) is 0.400. The van der Waals surface area contributed by atoms with Gasteiger partial charge in [-0.15, -0.1) is 16.4 Å². The van der Waals surface area contributed by atoms with E-state index in [2.05, 4.69) is 55.7 Å². The third kappa shape index (κ3) is 11.9. The molecule has 3 N–H and O–H groups in total. The molecule has 386 valence electrons. The van der Waals surface area contributed by atoms with Gasteiger partial charge in [-0.25, -0.2) is 29.4 Å². The van der Waals surface area contributed by atoms with Crippen LogP contribution in [0.5, 0.6) is 5.75 Å². The Kier molecular flexibility index (Phi) is 15.4. The van der Waals surface area contributed by atoms with Crippen molar-refractivity contribution in [2.75, 3.05) is 61.4 Å². The van der Waals surface area contributed by atoms with Crippen LogP contribution in [0.3, 0.4) is 0 Å². The number of carbonyl (C=O) groups excluding carboxylic acids is 4. The number of carbonyl (C=O) groups is 4. The van der Waals surface area contributed by atoms with E-state index in [1.54, 1.807) is 92.3 Å². The summed E-state index contributed by atoms with van der Waals surface area (Å²) in [7, 11) is 1.62. The molecule has 6 aromatic heterocycles. The number of likely N-dealkylation sites (tertiary alicyclic amines) is 1. The van der Waals surface area contributed by atoms with Gasteiger partial charge >= 0.3 is 6.09 Å². The molecule has 0 spiro atoms. The Hall–Kier alpha value is -7.96. The SMILES string of the molecule is Cc1ncsc1-c1ccc(CNC(=O)[C@@H]2C[C@@H](O)CN2C(=O)[C@H](C(C)C)n2cc(COc3cnc(N4CCN(CC(=O)Nc5cn6cc(-c7cncc(N(C)C(=O)OC(C)C)c7)ncc6n5)CC4)nc3)nn2)cc1. The van der Waals surface area contributed by atoms with E-state index in [0.717, 1.165) is 21.7 Å². The van der Waals surface area contributed by atoms with Crippen LogP contribution < -0.4 is 25.2 Å². The maximum Gasteiger partial charge on any atom is 0.414 e. The van der Waals surface area contributed by atoms with Gasteiger partial charge in [-0.2, -0.15) is 0 Å². The number of nitrogens with zero attached hydrogens (tertiary/aromatic N) is 14. The van der Waals surface area contributed by atoms with E-state index < -0.39 is 24.3 Å². The summed E-state index contributed by atoms with van der Waals surface area (Å²) >= 11 is 1.58.